The summed E-state index contributed by atoms with van der Waals surface area (Å²) in [6, 6.07) is 11.3. The summed E-state index contributed by atoms with van der Waals surface area (Å²) in [6.07, 6.45) is 0. The van der Waals surface area contributed by atoms with Crippen LogP contribution in [0.1, 0.15) is 11.8 Å². The molecule has 1 aromatic carbocycles. The molecular weight excluding hydrogens is 280 g/mol. The first kappa shape index (κ1) is 13.9. The average Bonchev–Trinajstić information content (AvgIpc) is 2.91. The first-order chi connectivity index (χ1) is 9.09. The van der Waals surface area contributed by atoms with Gasteiger partial charge in [-0.05, 0) is 42.6 Å². The molecule has 0 unspecified atom stereocenters. The summed E-state index contributed by atoms with van der Waals surface area (Å²) in [6.45, 7) is 2.39. The Morgan fingerprint density at radius 3 is 2.37 bits per heavy atom. The van der Waals surface area contributed by atoms with Crippen molar-refractivity contribution in [3.05, 3.63) is 46.7 Å². The van der Waals surface area contributed by atoms with E-state index in [1.807, 2.05) is 23.6 Å². The van der Waals surface area contributed by atoms with E-state index in [1.54, 1.807) is 30.4 Å². The lowest BCUT2D eigenvalue weighted by Crippen LogP contribution is -2.14. The summed E-state index contributed by atoms with van der Waals surface area (Å²) in [5.74, 6) is 0.0748. The molecule has 4 nitrogen and oxygen atoms in total. The van der Waals surface area contributed by atoms with Gasteiger partial charge in [0.25, 0.3) is 0 Å². The highest BCUT2D eigenvalue weighted by atomic mass is 32.2. The lowest BCUT2D eigenvalue weighted by atomic mass is 10.3. The van der Waals surface area contributed by atoms with Gasteiger partial charge in [-0.2, -0.15) is 0 Å². The molecule has 1 aromatic heterocycles. The third-order valence-corrected chi connectivity index (χ3v) is 4.77. The van der Waals surface area contributed by atoms with Crippen LogP contribution in [0.4, 0.5) is 11.4 Å². The highest BCUT2D eigenvalue weighted by Gasteiger charge is 2.06. The highest BCUT2D eigenvalue weighted by Crippen LogP contribution is 2.17. The van der Waals surface area contributed by atoms with Crippen LogP contribution < -0.4 is 10.0 Å². The molecule has 0 aliphatic rings. The minimum absolute atomic E-state index is 0.0748. The van der Waals surface area contributed by atoms with Gasteiger partial charge in [-0.3, -0.25) is 4.72 Å². The predicted molar refractivity (Wildman–Crippen MR) is 81.2 cm³/mol. The second kappa shape index (κ2) is 6.08. The molecule has 0 radical (unpaired) electrons. The second-order valence-electron chi connectivity index (χ2n) is 4.02. The molecule has 0 aliphatic heterocycles. The minimum atomic E-state index is -3.20. The summed E-state index contributed by atoms with van der Waals surface area (Å²) in [5.41, 5.74) is 1.55. The number of rotatable bonds is 6. The molecule has 19 heavy (non-hydrogen) atoms. The van der Waals surface area contributed by atoms with Crippen molar-refractivity contribution in [3.8, 4) is 0 Å². The van der Waals surface area contributed by atoms with Crippen LogP contribution in [-0.2, 0) is 16.6 Å². The van der Waals surface area contributed by atoms with Crippen LogP contribution in [0.3, 0.4) is 0 Å². The van der Waals surface area contributed by atoms with Gasteiger partial charge in [-0.25, -0.2) is 8.42 Å². The number of benzene rings is 1. The van der Waals surface area contributed by atoms with Crippen molar-refractivity contribution in [1.29, 1.82) is 0 Å². The Kier molecular flexibility index (Phi) is 4.44. The van der Waals surface area contributed by atoms with E-state index in [-0.39, 0.29) is 5.75 Å². The fourth-order valence-electron chi connectivity index (χ4n) is 1.51. The minimum Gasteiger partial charge on any atom is -0.380 e. The van der Waals surface area contributed by atoms with Gasteiger partial charge in [0.1, 0.15) is 0 Å². The SMILES string of the molecule is CCS(=O)(=O)Nc1ccc(NCc2cccs2)cc1. The van der Waals surface area contributed by atoms with Crippen molar-refractivity contribution < 1.29 is 8.42 Å². The van der Waals surface area contributed by atoms with Gasteiger partial charge >= 0.3 is 0 Å². The van der Waals surface area contributed by atoms with E-state index in [0.29, 0.717) is 5.69 Å². The molecular formula is C13H16N2O2S2. The van der Waals surface area contributed by atoms with Gasteiger partial charge in [0.2, 0.25) is 10.0 Å². The number of hydrogen-bond donors (Lipinski definition) is 2. The number of anilines is 2. The Balaban J connectivity index is 1.95. The van der Waals surface area contributed by atoms with Crippen molar-refractivity contribution in [2.45, 2.75) is 13.5 Å². The molecule has 0 fully saturated rings. The van der Waals surface area contributed by atoms with Gasteiger partial charge in [0.15, 0.2) is 0 Å². The molecule has 1 heterocycles. The van der Waals surface area contributed by atoms with Crippen molar-refractivity contribution >= 4 is 32.7 Å². The van der Waals surface area contributed by atoms with E-state index in [9.17, 15) is 8.42 Å². The zero-order valence-electron chi connectivity index (χ0n) is 10.6. The highest BCUT2D eigenvalue weighted by molar-refractivity contribution is 7.92. The van der Waals surface area contributed by atoms with Crippen LogP contribution >= 0.6 is 11.3 Å². The first-order valence-corrected chi connectivity index (χ1v) is 8.49. The Hall–Kier alpha value is -1.53. The van der Waals surface area contributed by atoms with Gasteiger partial charge < -0.3 is 5.32 Å². The van der Waals surface area contributed by atoms with Gasteiger partial charge in [0, 0.05) is 22.8 Å². The Bertz CT molecular complexity index is 605. The molecule has 6 heteroatoms. The third-order valence-electron chi connectivity index (χ3n) is 2.59. The van der Waals surface area contributed by atoms with Crippen molar-refractivity contribution in [2.24, 2.45) is 0 Å². The van der Waals surface area contributed by atoms with E-state index in [4.69, 9.17) is 0 Å². The Morgan fingerprint density at radius 2 is 1.79 bits per heavy atom. The van der Waals surface area contributed by atoms with Crippen LogP contribution in [-0.4, -0.2) is 14.2 Å². The quantitative estimate of drug-likeness (QED) is 0.861. The van der Waals surface area contributed by atoms with Crippen molar-refractivity contribution in [2.75, 3.05) is 15.8 Å². The maximum absolute atomic E-state index is 11.4. The van der Waals surface area contributed by atoms with Crippen LogP contribution in [0.15, 0.2) is 41.8 Å². The van der Waals surface area contributed by atoms with E-state index in [2.05, 4.69) is 16.1 Å². The number of nitrogens with one attached hydrogen (secondary N) is 2. The standard InChI is InChI=1S/C13H16N2O2S2/c1-2-19(16,17)15-12-7-5-11(6-8-12)14-10-13-4-3-9-18-13/h3-9,14-15H,2,10H2,1H3. The van der Waals surface area contributed by atoms with Gasteiger partial charge in [-0.1, -0.05) is 6.07 Å². The van der Waals surface area contributed by atoms with Crippen LogP contribution in [0.25, 0.3) is 0 Å². The van der Waals surface area contributed by atoms with E-state index < -0.39 is 10.0 Å². The average molecular weight is 296 g/mol. The molecule has 0 spiro atoms. The molecule has 2 N–H and O–H groups in total. The smallest absolute Gasteiger partial charge is 0.232 e. The number of sulfonamides is 1. The number of thiophene rings is 1. The monoisotopic (exact) mass is 296 g/mol. The zero-order valence-corrected chi connectivity index (χ0v) is 12.2. The predicted octanol–water partition coefficient (Wildman–Crippen LogP) is 3.12. The Labute approximate surface area is 117 Å². The van der Waals surface area contributed by atoms with E-state index >= 15 is 0 Å². The lowest BCUT2D eigenvalue weighted by molar-refractivity contribution is 0.602. The number of hydrogen-bond acceptors (Lipinski definition) is 4. The summed E-state index contributed by atoms with van der Waals surface area (Å²) in [7, 11) is -3.20. The van der Waals surface area contributed by atoms with Crippen molar-refractivity contribution in [1.82, 2.24) is 0 Å². The first-order valence-electron chi connectivity index (χ1n) is 5.96. The fraction of sp³-hybridized carbons (Fsp3) is 0.231. The summed E-state index contributed by atoms with van der Waals surface area (Å²) in [4.78, 5) is 1.26. The van der Waals surface area contributed by atoms with E-state index in [1.165, 1.54) is 4.88 Å². The topological polar surface area (TPSA) is 58.2 Å². The summed E-state index contributed by atoms with van der Waals surface area (Å²) < 4.78 is 25.3. The molecule has 0 saturated heterocycles. The summed E-state index contributed by atoms with van der Waals surface area (Å²) >= 11 is 1.70. The third kappa shape index (κ3) is 4.25. The molecule has 0 aliphatic carbocycles. The zero-order chi connectivity index (χ0) is 13.7. The second-order valence-corrected chi connectivity index (χ2v) is 7.06. The van der Waals surface area contributed by atoms with Crippen LogP contribution in [0.5, 0.6) is 0 Å². The largest absolute Gasteiger partial charge is 0.380 e. The normalized spacial score (nSPS) is 11.2. The summed E-state index contributed by atoms with van der Waals surface area (Å²) in [5, 5.41) is 5.33. The van der Waals surface area contributed by atoms with E-state index in [0.717, 1.165) is 12.2 Å². The maximum atomic E-state index is 11.4. The lowest BCUT2D eigenvalue weighted by Gasteiger charge is -2.08. The molecule has 2 rings (SSSR count). The van der Waals surface area contributed by atoms with Gasteiger partial charge in [0.05, 0.1) is 5.75 Å². The van der Waals surface area contributed by atoms with Crippen molar-refractivity contribution in [3.63, 3.8) is 0 Å². The van der Waals surface area contributed by atoms with Crippen LogP contribution in [0.2, 0.25) is 0 Å². The molecule has 0 amide bonds. The molecule has 0 saturated carbocycles. The molecule has 0 bridgehead atoms. The fourth-order valence-corrected chi connectivity index (χ4v) is 2.79. The Morgan fingerprint density at radius 1 is 1.11 bits per heavy atom. The molecule has 2 aromatic rings. The van der Waals surface area contributed by atoms with Gasteiger partial charge in [-0.15, -0.1) is 11.3 Å². The molecule has 102 valence electrons. The molecule has 0 atom stereocenters. The maximum Gasteiger partial charge on any atom is 0.232 e. The van der Waals surface area contributed by atoms with Crippen LogP contribution in [0, 0.1) is 0 Å².